The highest BCUT2D eigenvalue weighted by Gasteiger charge is 2.40. The summed E-state index contributed by atoms with van der Waals surface area (Å²) in [6.45, 7) is 12.4. The number of amides is 2. The number of nitrogens with one attached hydrogen (secondary N) is 2. The topological polar surface area (TPSA) is 120 Å². The molecular formula is C26H53N3O6. The Labute approximate surface area is 213 Å². The molecule has 1 heterocycles. The highest BCUT2D eigenvalue weighted by Crippen LogP contribution is 2.28. The summed E-state index contributed by atoms with van der Waals surface area (Å²) in [5.74, 6) is -0.178. The van der Waals surface area contributed by atoms with E-state index in [2.05, 4.69) is 38.0 Å². The van der Waals surface area contributed by atoms with Gasteiger partial charge in [0.1, 0.15) is 0 Å². The van der Waals surface area contributed by atoms with Crippen LogP contribution in [0.5, 0.6) is 0 Å². The molecule has 35 heavy (non-hydrogen) atoms. The summed E-state index contributed by atoms with van der Waals surface area (Å²) in [5, 5.41) is 21.9. The number of aliphatic hydroxyl groups excluding tert-OH is 2. The molecule has 4 N–H and O–H groups in total. The van der Waals surface area contributed by atoms with Crippen molar-refractivity contribution in [1.82, 2.24) is 15.5 Å². The fraction of sp³-hybridized carbons (Fsp3) is 0.846. The van der Waals surface area contributed by atoms with Crippen LogP contribution in [0, 0.1) is 11.8 Å². The Kier molecular flexibility index (Phi) is 22.1. The van der Waals surface area contributed by atoms with Crippen LogP contribution < -0.4 is 10.6 Å². The van der Waals surface area contributed by atoms with E-state index in [-0.39, 0.29) is 43.2 Å². The van der Waals surface area contributed by atoms with Gasteiger partial charge in [-0.05, 0) is 32.2 Å². The molecule has 0 spiro atoms. The van der Waals surface area contributed by atoms with E-state index in [9.17, 15) is 9.59 Å². The number of carbonyl (C=O) groups is 2. The van der Waals surface area contributed by atoms with Gasteiger partial charge < -0.3 is 35.2 Å². The van der Waals surface area contributed by atoms with Crippen molar-refractivity contribution >= 4 is 11.8 Å². The lowest BCUT2D eigenvalue weighted by atomic mass is 9.91. The molecule has 0 aromatic heterocycles. The van der Waals surface area contributed by atoms with Crippen LogP contribution in [0.2, 0.25) is 0 Å². The summed E-state index contributed by atoms with van der Waals surface area (Å²) < 4.78 is 11.4. The summed E-state index contributed by atoms with van der Waals surface area (Å²) in [5.41, 5.74) is 0. The van der Waals surface area contributed by atoms with Crippen molar-refractivity contribution in [3.05, 3.63) is 12.7 Å². The molecule has 1 saturated heterocycles. The van der Waals surface area contributed by atoms with Gasteiger partial charge in [-0.25, -0.2) is 0 Å². The smallest absolute Gasteiger partial charge is 0.225 e. The molecule has 1 rings (SSSR count). The molecule has 208 valence electrons. The van der Waals surface area contributed by atoms with Gasteiger partial charge in [-0.3, -0.25) is 9.59 Å². The lowest BCUT2D eigenvalue weighted by Gasteiger charge is -2.36. The zero-order valence-corrected chi connectivity index (χ0v) is 23.4. The zero-order chi connectivity index (χ0) is 27.4. The third kappa shape index (κ3) is 12.3. The van der Waals surface area contributed by atoms with E-state index in [1.165, 1.54) is 0 Å². The van der Waals surface area contributed by atoms with E-state index >= 15 is 0 Å². The lowest BCUT2D eigenvalue weighted by Crippen LogP contribution is -2.51. The van der Waals surface area contributed by atoms with Gasteiger partial charge in [0.2, 0.25) is 11.8 Å². The molecule has 0 aliphatic carbocycles. The van der Waals surface area contributed by atoms with Crippen molar-refractivity contribution in [2.75, 3.05) is 48.1 Å². The minimum atomic E-state index is -0.423. The second-order valence-corrected chi connectivity index (χ2v) is 8.68. The molecule has 0 aromatic rings. The molecule has 1 fully saturated rings. The summed E-state index contributed by atoms with van der Waals surface area (Å²) in [7, 11) is 6.14. The minimum Gasteiger partial charge on any atom is -0.400 e. The van der Waals surface area contributed by atoms with Crippen molar-refractivity contribution in [1.29, 1.82) is 0 Å². The number of rotatable bonds is 14. The van der Waals surface area contributed by atoms with Gasteiger partial charge in [0.25, 0.3) is 0 Å². The number of carbonyl (C=O) groups excluding carboxylic acids is 2. The lowest BCUT2D eigenvalue weighted by molar-refractivity contribution is -0.142. The number of aliphatic hydroxyl groups is 2. The van der Waals surface area contributed by atoms with Crippen LogP contribution in [-0.2, 0) is 19.1 Å². The molecule has 1 aliphatic heterocycles. The molecule has 0 radical (unpaired) electrons. The van der Waals surface area contributed by atoms with Crippen LogP contribution in [0.4, 0.5) is 0 Å². The number of likely N-dealkylation sites (N-methyl/N-ethyl adjacent to an activating group) is 1. The Balaban J connectivity index is 0. The molecule has 9 heteroatoms. The number of nitrogens with zero attached hydrogens (tertiary/aromatic N) is 1. The Morgan fingerprint density at radius 2 is 1.80 bits per heavy atom. The number of allylic oxidation sites excluding steroid dienone is 1. The monoisotopic (exact) mass is 503 g/mol. The van der Waals surface area contributed by atoms with Crippen LogP contribution in [0.15, 0.2) is 12.7 Å². The van der Waals surface area contributed by atoms with Crippen molar-refractivity contribution in [3.8, 4) is 0 Å². The molecule has 0 saturated carbocycles. The predicted molar refractivity (Wildman–Crippen MR) is 141 cm³/mol. The highest BCUT2D eigenvalue weighted by atomic mass is 16.5. The van der Waals surface area contributed by atoms with E-state index in [4.69, 9.17) is 19.7 Å². The van der Waals surface area contributed by atoms with Gasteiger partial charge in [0, 0.05) is 40.5 Å². The highest BCUT2D eigenvalue weighted by molar-refractivity contribution is 5.80. The predicted octanol–water partition coefficient (Wildman–Crippen LogP) is 1.97. The second-order valence-electron chi connectivity index (χ2n) is 8.68. The van der Waals surface area contributed by atoms with Crippen molar-refractivity contribution in [2.24, 2.45) is 11.8 Å². The van der Waals surface area contributed by atoms with Gasteiger partial charge >= 0.3 is 0 Å². The van der Waals surface area contributed by atoms with E-state index in [0.29, 0.717) is 18.9 Å². The van der Waals surface area contributed by atoms with Gasteiger partial charge in [-0.2, -0.15) is 0 Å². The van der Waals surface area contributed by atoms with Crippen molar-refractivity contribution in [2.45, 2.75) is 84.1 Å². The van der Waals surface area contributed by atoms with Crippen LogP contribution in [0.1, 0.15) is 59.8 Å². The van der Waals surface area contributed by atoms with Gasteiger partial charge in [-0.15, -0.1) is 6.58 Å². The van der Waals surface area contributed by atoms with E-state index in [0.717, 1.165) is 32.8 Å². The molecule has 1 aliphatic rings. The first-order valence-electron chi connectivity index (χ1n) is 12.7. The first-order chi connectivity index (χ1) is 16.8. The molecule has 0 bridgehead atoms. The molecule has 0 aromatic carbocycles. The van der Waals surface area contributed by atoms with Crippen LogP contribution in [0.25, 0.3) is 0 Å². The maximum atomic E-state index is 13.2. The largest absolute Gasteiger partial charge is 0.400 e. The van der Waals surface area contributed by atoms with Gasteiger partial charge in [0.15, 0.2) is 0 Å². The first-order valence-corrected chi connectivity index (χ1v) is 12.7. The number of hydrogen-bond donors (Lipinski definition) is 4. The third-order valence-electron chi connectivity index (χ3n) is 6.55. The quantitative estimate of drug-likeness (QED) is 0.268. The normalized spacial score (nSPS) is 19.1. The number of ether oxygens (including phenoxy) is 2. The first kappa shape index (κ1) is 35.6. The average molecular weight is 504 g/mol. The molecular weight excluding hydrogens is 450 g/mol. The Bertz CT molecular complexity index is 563. The Morgan fingerprint density at radius 3 is 2.23 bits per heavy atom. The summed E-state index contributed by atoms with van der Waals surface area (Å²) >= 11 is 0. The van der Waals surface area contributed by atoms with Gasteiger partial charge in [-0.1, -0.05) is 40.2 Å². The summed E-state index contributed by atoms with van der Waals surface area (Å²) in [4.78, 5) is 27.4. The molecule has 6 atom stereocenters. The fourth-order valence-electron chi connectivity index (χ4n) is 4.36. The fourth-order valence-corrected chi connectivity index (χ4v) is 4.36. The van der Waals surface area contributed by atoms with E-state index in [1.807, 2.05) is 18.0 Å². The number of methoxy groups -OCH3 is 2. The van der Waals surface area contributed by atoms with Crippen LogP contribution >= 0.6 is 0 Å². The minimum absolute atomic E-state index is 0.0351. The number of hydrogen-bond acceptors (Lipinski definition) is 7. The third-order valence-corrected chi connectivity index (χ3v) is 6.55. The second kappa shape index (κ2) is 21.7. The maximum Gasteiger partial charge on any atom is 0.225 e. The Morgan fingerprint density at radius 1 is 1.20 bits per heavy atom. The van der Waals surface area contributed by atoms with E-state index < -0.39 is 12.0 Å². The molecule has 9 nitrogen and oxygen atoms in total. The SMILES string of the molecule is C=CCC.CCC(C)C(NC)C(CC(=O)N1CCCC1C(OC)C(C)C(=O)NCCO)OC.CO. The molecule has 2 amide bonds. The summed E-state index contributed by atoms with van der Waals surface area (Å²) in [6.07, 6.45) is 5.34. The van der Waals surface area contributed by atoms with Crippen LogP contribution in [0.3, 0.4) is 0 Å². The van der Waals surface area contributed by atoms with Gasteiger partial charge in [0.05, 0.1) is 37.2 Å². The molecule has 6 unspecified atom stereocenters. The van der Waals surface area contributed by atoms with Crippen LogP contribution in [-0.4, -0.2) is 99.3 Å². The van der Waals surface area contributed by atoms with Crippen molar-refractivity contribution < 1.29 is 29.3 Å². The summed E-state index contributed by atoms with van der Waals surface area (Å²) in [6, 6.07) is -0.0482. The standard InChI is InChI=1S/C21H41N3O5.C4H8.CH4O/c1-7-14(2)19(22-4)17(28-5)13-18(26)24-11-8-9-16(24)20(29-6)15(3)21(27)23-10-12-25;1-3-4-2;1-2/h14-17,19-20,22,25H,7-13H2,1-6H3,(H,23,27);3H,1,4H2,2H3;2H,1H3. The average Bonchev–Trinajstić information content (AvgIpc) is 3.38. The maximum absolute atomic E-state index is 13.2. The van der Waals surface area contributed by atoms with E-state index in [1.54, 1.807) is 21.1 Å². The Hall–Kier alpha value is -1.52. The number of likely N-dealkylation sites (tertiary alicyclic amines) is 1. The van der Waals surface area contributed by atoms with Crippen molar-refractivity contribution in [3.63, 3.8) is 0 Å². The zero-order valence-electron chi connectivity index (χ0n) is 23.4.